The molecule has 0 atom stereocenters. The third-order valence-corrected chi connectivity index (χ3v) is 4.31. The van der Waals surface area contributed by atoms with E-state index in [1.165, 1.54) is 18.5 Å². The van der Waals surface area contributed by atoms with Crippen LogP contribution in [0.2, 0.25) is 0 Å². The van der Waals surface area contributed by atoms with Crippen LogP contribution < -0.4 is 10.0 Å². The number of carbonyl (C=O) groups is 1. The lowest BCUT2D eigenvalue weighted by Gasteiger charge is -2.06. The second kappa shape index (κ2) is 4.69. The lowest BCUT2D eigenvalue weighted by molar-refractivity contribution is -0.115. The van der Waals surface area contributed by atoms with E-state index in [4.69, 9.17) is 0 Å². The quantitative estimate of drug-likeness (QED) is 0.720. The number of carbonyl (C=O) groups excluding carboxylic acids is 1. The average molecular weight is 293 g/mol. The van der Waals surface area contributed by atoms with Gasteiger partial charge in [-0.3, -0.25) is 9.89 Å². The van der Waals surface area contributed by atoms with E-state index >= 15 is 0 Å². The number of H-pyrrole nitrogens is 1. The molecule has 0 spiro atoms. The lowest BCUT2D eigenvalue weighted by Crippen LogP contribution is -2.23. The Morgan fingerprint density at radius 2 is 2.20 bits per heavy atom. The molecule has 8 nitrogen and oxygen atoms in total. The van der Waals surface area contributed by atoms with Gasteiger partial charge in [0.05, 0.1) is 17.9 Å². The van der Waals surface area contributed by atoms with E-state index < -0.39 is 10.0 Å². The SMILES string of the molecule is O=C1Cc2cc(S(=O)(=O)NCc3ncn[nH]3)ccc2N1. The van der Waals surface area contributed by atoms with E-state index in [1.807, 2.05) is 0 Å². The zero-order valence-electron chi connectivity index (χ0n) is 10.3. The van der Waals surface area contributed by atoms with Crippen LogP contribution in [0.15, 0.2) is 29.4 Å². The van der Waals surface area contributed by atoms with Crippen molar-refractivity contribution in [3.8, 4) is 0 Å². The van der Waals surface area contributed by atoms with Crippen molar-refractivity contribution in [2.24, 2.45) is 0 Å². The fourth-order valence-corrected chi connectivity index (χ4v) is 2.97. The van der Waals surface area contributed by atoms with E-state index in [9.17, 15) is 13.2 Å². The van der Waals surface area contributed by atoms with Crippen molar-refractivity contribution in [2.45, 2.75) is 17.9 Å². The summed E-state index contributed by atoms with van der Waals surface area (Å²) in [6.45, 7) is 0.0244. The Balaban J connectivity index is 1.81. The van der Waals surface area contributed by atoms with Crippen molar-refractivity contribution in [1.29, 1.82) is 0 Å². The Morgan fingerprint density at radius 1 is 1.35 bits per heavy atom. The molecule has 1 amide bonds. The van der Waals surface area contributed by atoms with Crippen LogP contribution in [0.3, 0.4) is 0 Å². The van der Waals surface area contributed by atoms with E-state index in [-0.39, 0.29) is 23.8 Å². The predicted molar refractivity (Wildman–Crippen MR) is 69.2 cm³/mol. The number of anilines is 1. The van der Waals surface area contributed by atoms with Crippen LogP contribution in [-0.4, -0.2) is 29.5 Å². The molecule has 0 saturated carbocycles. The Hall–Kier alpha value is -2.26. The Labute approximate surface area is 114 Å². The summed E-state index contributed by atoms with van der Waals surface area (Å²) < 4.78 is 26.7. The maximum Gasteiger partial charge on any atom is 0.240 e. The highest BCUT2D eigenvalue weighted by atomic mass is 32.2. The van der Waals surface area contributed by atoms with Gasteiger partial charge in [-0.2, -0.15) is 5.10 Å². The van der Waals surface area contributed by atoms with Gasteiger partial charge in [-0.15, -0.1) is 0 Å². The van der Waals surface area contributed by atoms with Gasteiger partial charge in [-0.1, -0.05) is 0 Å². The van der Waals surface area contributed by atoms with Crippen LogP contribution in [0.25, 0.3) is 0 Å². The summed E-state index contributed by atoms with van der Waals surface area (Å²) >= 11 is 0. The Kier molecular flexibility index (Phi) is 2.99. The highest BCUT2D eigenvalue weighted by molar-refractivity contribution is 7.89. The zero-order valence-corrected chi connectivity index (χ0v) is 11.1. The number of hydrogen-bond donors (Lipinski definition) is 3. The monoisotopic (exact) mass is 293 g/mol. The summed E-state index contributed by atoms with van der Waals surface area (Å²) in [7, 11) is -3.65. The molecule has 0 bridgehead atoms. The fraction of sp³-hybridized carbons (Fsp3) is 0.182. The fourth-order valence-electron chi connectivity index (χ4n) is 1.94. The minimum atomic E-state index is -3.65. The molecule has 2 aromatic rings. The zero-order chi connectivity index (χ0) is 14.2. The second-order valence-corrected chi connectivity index (χ2v) is 6.07. The summed E-state index contributed by atoms with van der Waals surface area (Å²) in [5, 5.41) is 8.85. The smallest absolute Gasteiger partial charge is 0.240 e. The van der Waals surface area contributed by atoms with E-state index in [0.717, 1.165) is 0 Å². The average Bonchev–Trinajstić information content (AvgIpc) is 3.03. The van der Waals surface area contributed by atoms with Crippen molar-refractivity contribution in [2.75, 3.05) is 5.32 Å². The van der Waals surface area contributed by atoms with E-state index in [1.54, 1.807) is 6.07 Å². The first kappa shape index (κ1) is 12.8. The van der Waals surface area contributed by atoms with Crippen molar-refractivity contribution in [3.05, 3.63) is 35.9 Å². The molecule has 1 aromatic carbocycles. The molecule has 1 aromatic heterocycles. The van der Waals surface area contributed by atoms with Crippen molar-refractivity contribution >= 4 is 21.6 Å². The predicted octanol–water partition coefficient (Wildman–Crippen LogP) is -0.222. The maximum absolute atomic E-state index is 12.1. The first-order valence-electron chi connectivity index (χ1n) is 5.81. The van der Waals surface area contributed by atoms with E-state index in [0.29, 0.717) is 17.1 Å². The summed E-state index contributed by atoms with van der Waals surface area (Å²) in [5.74, 6) is 0.288. The molecule has 20 heavy (non-hydrogen) atoms. The molecule has 0 aliphatic carbocycles. The Morgan fingerprint density at radius 3 is 2.95 bits per heavy atom. The molecule has 0 saturated heterocycles. The summed E-state index contributed by atoms with van der Waals surface area (Å²) in [6.07, 6.45) is 1.50. The summed E-state index contributed by atoms with van der Waals surface area (Å²) in [5.41, 5.74) is 1.33. The number of nitrogens with zero attached hydrogens (tertiary/aromatic N) is 2. The number of aromatic nitrogens is 3. The van der Waals surface area contributed by atoms with Gasteiger partial charge in [0, 0.05) is 5.69 Å². The second-order valence-electron chi connectivity index (χ2n) is 4.30. The number of hydrogen-bond acceptors (Lipinski definition) is 5. The lowest BCUT2D eigenvalue weighted by atomic mass is 10.2. The maximum atomic E-state index is 12.1. The third-order valence-electron chi connectivity index (χ3n) is 2.91. The van der Waals surface area contributed by atoms with E-state index in [2.05, 4.69) is 25.2 Å². The van der Waals surface area contributed by atoms with Crippen LogP contribution in [-0.2, 0) is 27.8 Å². The van der Waals surface area contributed by atoms with Crippen molar-refractivity contribution in [3.63, 3.8) is 0 Å². The number of nitrogens with one attached hydrogen (secondary N) is 3. The van der Waals surface area contributed by atoms with Gasteiger partial charge in [-0.25, -0.2) is 18.1 Å². The van der Waals surface area contributed by atoms with Gasteiger partial charge in [0.15, 0.2) is 0 Å². The molecule has 3 N–H and O–H groups in total. The molecule has 9 heteroatoms. The highest BCUT2D eigenvalue weighted by Crippen LogP contribution is 2.25. The molecule has 3 rings (SSSR count). The number of amides is 1. The minimum absolute atomic E-state index is 0.0244. The van der Waals surface area contributed by atoms with Crippen LogP contribution in [0.5, 0.6) is 0 Å². The molecule has 0 unspecified atom stereocenters. The largest absolute Gasteiger partial charge is 0.326 e. The summed E-state index contributed by atoms with van der Waals surface area (Å²) in [4.78, 5) is 15.2. The Bertz CT molecular complexity index is 754. The van der Waals surface area contributed by atoms with Crippen molar-refractivity contribution < 1.29 is 13.2 Å². The van der Waals surface area contributed by atoms with Gasteiger partial charge in [-0.05, 0) is 23.8 Å². The first-order valence-corrected chi connectivity index (χ1v) is 7.29. The molecule has 1 aliphatic heterocycles. The van der Waals surface area contributed by atoms with Gasteiger partial charge in [0.2, 0.25) is 15.9 Å². The first-order chi connectivity index (χ1) is 9.54. The molecule has 104 valence electrons. The number of benzene rings is 1. The molecule has 0 radical (unpaired) electrons. The van der Waals surface area contributed by atoms with Crippen LogP contribution >= 0.6 is 0 Å². The molecule has 0 fully saturated rings. The topological polar surface area (TPSA) is 117 Å². The molecule has 2 heterocycles. The highest BCUT2D eigenvalue weighted by Gasteiger charge is 2.21. The van der Waals surface area contributed by atoms with Crippen LogP contribution in [0.1, 0.15) is 11.4 Å². The molecular weight excluding hydrogens is 282 g/mol. The van der Waals surface area contributed by atoms with Crippen molar-refractivity contribution in [1.82, 2.24) is 19.9 Å². The standard InChI is InChI=1S/C11H11N5O3S/c17-11-4-7-3-8(1-2-9(7)15-11)20(18,19)14-5-10-12-6-13-16-10/h1-3,6,14H,4-5H2,(H,15,17)(H,12,13,16). The number of rotatable bonds is 4. The molecular formula is C11H11N5O3S. The number of fused-ring (bicyclic) bond motifs is 1. The number of sulfonamides is 1. The van der Waals surface area contributed by atoms with Gasteiger partial charge >= 0.3 is 0 Å². The number of aromatic amines is 1. The normalized spacial score (nSPS) is 14.1. The van der Waals surface area contributed by atoms with Crippen LogP contribution in [0, 0.1) is 0 Å². The van der Waals surface area contributed by atoms with Gasteiger partial charge < -0.3 is 5.32 Å². The molecule has 1 aliphatic rings. The van der Waals surface area contributed by atoms with Crippen LogP contribution in [0.4, 0.5) is 5.69 Å². The third kappa shape index (κ3) is 2.40. The van der Waals surface area contributed by atoms with Gasteiger partial charge in [0.1, 0.15) is 12.2 Å². The minimum Gasteiger partial charge on any atom is -0.326 e. The van der Waals surface area contributed by atoms with Gasteiger partial charge in [0.25, 0.3) is 0 Å². The summed E-state index contributed by atoms with van der Waals surface area (Å²) in [6, 6.07) is 4.53.